The fourth-order valence-corrected chi connectivity index (χ4v) is 1.78. The van der Waals surface area contributed by atoms with Crippen LogP contribution in [0.15, 0.2) is 24.4 Å². The summed E-state index contributed by atoms with van der Waals surface area (Å²) in [6, 6.07) is 5.61. The molecule has 0 radical (unpaired) electrons. The van der Waals surface area contributed by atoms with Crippen LogP contribution in [0.5, 0.6) is 0 Å². The Labute approximate surface area is 92.4 Å². The van der Waals surface area contributed by atoms with E-state index in [0.29, 0.717) is 6.42 Å². The van der Waals surface area contributed by atoms with Gasteiger partial charge in [-0.05, 0) is 17.7 Å². The minimum atomic E-state index is -0.322. The molecule has 2 aromatic rings. The summed E-state index contributed by atoms with van der Waals surface area (Å²) in [7, 11) is 0. The Kier molecular flexibility index (Phi) is 2.61. The van der Waals surface area contributed by atoms with Gasteiger partial charge in [0.25, 0.3) is 0 Å². The topological polar surface area (TPSA) is 58.9 Å². The summed E-state index contributed by atoms with van der Waals surface area (Å²) in [5.74, 6) is 2.59. The highest BCUT2D eigenvalue weighted by Gasteiger charge is 2.09. The van der Waals surface area contributed by atoms with Gasteiger partial charge in [-0.25, -0.2) is 0 Å². The van der Waals surface area contributed by atoms with Crippen LogP contribution in [0.25, 0.3) is 10.9 Å². The van der Waals surface area contributed by atoms with Gasteiger partial charge in [0.2, 0.25) is 6.54 Å². The Hall–Kier alpha value is -2.28. The molecule has 4 heteroatoms. The van der Waals surface area contributed by atoms with Crippen molar-refractivity contribution in [2.24, 2.45) is 0 Å². The molecule has 1 aromatic carbocycles. The molecule has 0 unspecified atom stereocenters. The highest BCUT2D eigenvalue weighted by Crippen LogP contribution is 2.22. The van der Waals surface area contributed by atoms with Crippen LogP contribution in [0, 0.1) is 22.5 Å². The lowest BCUT2D eigenvalue weighted by Gasteiger charge is -1.98. The maximum absolute atomic E-state index is 10.3. The molecular formula is C12H10N2O2. The van der Waals surface area contributed by atoms with Crippen LogP contribution in [-0.2, 0) is 6.42 Å². The van der Waals surface area contributed by atoms with Crippen molar-refractivity contribution in [3.05, 3.63) is 45.6 Å². The van der Waals surface area contributed by atoms with Crippen LogP contribution in [0.3, 0.4) is 0 Å². The molecule has 0 saturated heterocycles. The van der Waals surface area contributed by atoms with Gasteiger partial charge in [-0.1, -0.05) is 12.0 Å². The van der Waals surface area contributed by atoms with E-state index in [1.807, 2.05) is 18.2 Å². The number of aromatic amines is 1. The summed E-state index contributed by atoms with van der Waals surface area (Å²) in [5.41, 5.74) is 2.60. The van der Waals surface area contributed by atoms with E-state index in [1.165, 1.54) is 0 Å². The molecule has 4 nitrogen and oxygen atoms in total. The van der Waals surface area contributed by atoms with E-state index in [4.69, 9.17) is 6.42 Å². The average Bonchev–Trinajstić information content (AvgIpc) is 2.69. The predicted octanol–water partition coefficient (Wildman–Crippen LogP) is 1.97. The third-order valence-electron chi connectivity index (χ3n) is 2.51. The van der Waals surface area contributed by atoms with E-state index in [0.717, 1.165) is 22.0 Å². The number of nitrogens with zero attached hydrogens (tertiary/aromatic N) is 1. The smallest absolute Gasteiger partial charge is 0.207 e. The minimum Gasteiger partial charge on any atom is -0.361 e. The predicted molar refractivity (Wildman–Crippen MR) is 61.8 cm³/mol. The van der Waals surface area contributed by atoms with E-state index in [1.54, 1.807) is 6.20 Å². The largest absolute Gasteiger partial charge is 0.361 e. The average molecular weight is 214 g/mol. The van der Waals surface area contributed by atoms with Crippen molar-refractivity contribution in [1.82, 2.24) is 4.98 Å². The summed E-state index contributed by atoms with van der Waals surface area (Å²) in [6.07, 6.45) is 7.58. The van der Waals surface area contributed by atoms with Gasteiger partial charge in [-0.15, -0.1) is 6.42 Å². The molecule has 1 N–H and O–H groups in total. The number of terminal acetylenes is 1. The summed E-state index contributed by atoms with van der Waals surface area (Å²) in [4.78, 5) is 13.1. The van der Waals surface area contributed by atoms with Crippen LogP contribution in [-0.4, -0.2) is 16.5 Å². The monoisotopic (exact) mass is 214 g/mol. The Morgan fingerprint density at radius 2 is 2.31 bits per heavy atom. The van der Waals surface area contributed by atoms with Crippen molar-refractivity contribution >= 4 is 10.9 Å². The molecule has 0 aliphatic rings. The van der Waals surface area contributed by atoms with Crippen molar-refractivity contribution in [3.63, 3.8) is 0 Å². The number of nitro groups is 1. The summed E-state index contributed by atoms with van der Waals surface area (Å²) in [6.45, 7) is -0.0775. The Bertz CT molecular complexity index is 578. The zero-order valence-corrected chi connectivity index (χ0v) is 8.56. The molecule has 1 heterocycles. The quantitative estimate of drug-likeness (QED) is 0.482. The number of aromatic nitrogens is 1. The van der Waals surface area contributed by atoms with Gasteiger partial charge in [0.15, 0.2) is 0 Å². The maximum atomic E-state index is 10.3. The van der Waals surface area contributed by atoms with Crippen molar-refractivity contribution < 1.29 is 4.92 Å². The van der Waals surface area contributed by atoms with Crippen LogP contribution >= 0.6 is 0 Å². The van der Waals surface area contributed by atoms with Crippen LogP contribution < -0.4 is 0 Å². The number of nitrogens with one attached hydrogen (secondary N) is 1. The van der Waals surface area contributed by atoms with Crippen LogP contribution in [0.2, 0.25) is 0 Å². The number of fused-ring (bicyclic) bond motifs is 1. The van der Waals surface area contributed by atoms with Gasteiger partial charge in [-0.3, -0.25) is 10.1 Å². The van der Waals surface area contributed by atoms with Crippen molar-refractivity contribution in [1.29, 1.82) is 0 Å². The van der Waals surface area contributed by atoms with Crippen LogP contribution in [0.4, 0.5) is 0 Å². The van der Waals surface area contributed by atoms with Gasteiger partial charge >= 0.3 is 0 Å². The molecule has 0 atom stereocenters. The molecule has 0 amide bonds. The molecule has 0 aliphatic heterocycles. The number of hydrogen-bond acceptors (Lipinski definition) is 2. The zero-order valence-electron chi connectivity index (χ0n) is 8.56. The van der Waals surface area contributed by atoms with Crippen LogP contribution in [0.1, 0.15) is 11.1 Å². The first-order valence-electron chi connectivity index (χ1n) is 4.89. The third-order valence-corrected chi connectivity index (χ3v) is 2.51. The molecule has 1 aromatic heterocycles. The van der Waals surface area contributed by atoms with Gasteiger partial charge < -0.3 is 4.98 Å². The first kappa shape index (κ1) is 10.2. The number of hydrogen-bond donors (Lipinski definition) is 1. The second-order valence-corrected chi connectivity index (χ2v) is 3.49. The number of H-pyrrole nitrogens is 1. The summed E-state index contributed by atoms with van der Waals surface area (Å²) < 4.78 is 0. The second-order valence-electron chi connectivity index (χ2n) is 3.49. The molecular weight excluding hydrogens is 204 g/mol. The highest BCUT2D eigenvalue weighted by molar-refractivity contribution is 5.89. The molecule has 80 valence electrons. The van der Waals surface area contributed by atoms with Gasteiger partial charge in [-0.2, -0.15) is 0 Å². The Morgan fingerprint density at radius 3 is 3.00 bits per heavy atom. The fraction of sp³-hybridized carbons (Fsp3) is 0.167. The zero-order chi connectivity index (χ0) is 11.5. The Morgan fingerprint density at radius 1 is 1.50 bits per heavy atom. The van der Waals surface area contributed by atoms with Crippen molar-refractivity contribution in [3.8, 4) is 12.3 Å². The molecule has 0 fully saturated rings. The van der Waals surface area contributed by atoms with E-state index < -0.39 is 0 Å². The summed E-state index contributed by atoms with van der Waals surface area (Å²) >= 11 is 0. The fourth-order valence-electron chi connectivity index (χ4n) is 1.78. The standard InChI is InChI=1S/C12H10N2O2/c1-2-9-4-3-5-11-12(9)10(8-13-11)6-7-14(15)16/h1,3-5,8,13H,6-7H2. The molecule has 0 spiro atoms. The highest BCUT2D eigenvalue weighted by atomic mass is 16.6. The third kappa shape index (κ3) is 1.75. The lowest BCUT2D eigenvalue weighted by molar-refractivity contribution is -0.479. The lowest BCUT2D eigenvalue weighted by Crippen LogP contribution is -2.03. The first-order chi connectivity index (χ1) is 7.72. The molecule has 0 saturated carbocycles. The lowest BCUT2D eigenvalue weighted by atomic mass is 10.1. The SMILES string of the molecule is C#Cc1cccc2[nH]cc(CC[N+](=O)[O-])c12. The summed E-state index contributed by atoms with van der Waals surface area (Å²) in [5, 5.41) is 11.3. The Balaban J connectivity index is 2.46. The van der Waals surface area contributed by atoms with Gasteiger partial charge in [0.1, 0.15) is 0 Å². The van der Waals surface area contributed by atoms with Crippen molar-refractivity contribution in [2.45, 2.75) is 6.42 Å². The van der Waals surface area contributed by atoms with Gasteiger partial charge in [0.05, 0.1) is 0 Å². The molecule has 0 aliphatic carbocycles. The maximum Gasteiger partial charge on any atom is 0.207 e. The second kappa shape index (κ2) is 4.07. The first-order valence-corrected chi connectivity index (χ1v) is 4.89. The molecule has 2 rings (SSSR count). The van der Waals surface area contributed by atoms with Gasteiger partial charge in [0, 0.05) is 34.0 Å². The van der Waals surface area contributed by atoms with E-state index in [2.05, 4.69) is 10.9 Å². The number of benzene rings is 1. The van der Waals surface area contributed by atoms with E-state index >= 15 is 0 Å². The van der Waals surface area contributed by atoms with E-state index in [-0.39, 0.29) is 11.5 Å². The van der Waals surface area contributed by atoms with Crippen molar-refractivity contribution in [2.75, 3.05) is 6.54 Å². The van der Waals surface area contributed by atoms with E-state index in [9.17, 15) is 10.1 Å². The molecule has 0 bridgehead atoms. The molecule has 16 heavy (non-hydrogen) atoms. The minimum absolute atomic E-state index is 0.0775. The normalized spacial score (nSPS) is 10.2. The number of rotatable bonds is 3.